The fourth-order valence-electron chi connectivity index (χ4n) is 2.55. The number of sulfonamides is 1. The number of rotatable bonds is 5. The highest BCUT2D eigenvalue weighted by Crippen LogP contribution is 2.22. The van der Waals surface area contributed by atoms with Crippen LogP contribution in [0.2, 0.25) is 0 Å². The van der Waals surface area contributed by atoms with Crippen LogP contribution in [-0.4, -0.2) is 37.5 Å². The standard InChI is InChI=1S/C16H20N4O2S/c1-2-23(21,22)19-14-7-5-13(6-8-14)15-9-10-16(18-17-15)20-11-3-4-12-20/h5-10,19H,2-4,11-12H2,1H3. The van der Waals surface area contributed by atoms with Crippen LogP contribution in [0.3, 0.4) is 0 Å². The molecule has 0 amide bonds. The van der Waals surface area contributed by atoms with E-state index in [0.29, 0.717) is 5.69 Å². The van der Waals surface area contributed by atoms with Gasteiger partial charge in [0.1, 0.15) is 0 Å². The number of anilines is 2. The summed E-state index contributed by atoms with van der Waals surface area (Å²) in [7, 11) is -3.25. The van der Waals surface area contributed by atoms with Crippen LogP contribution in [0.1, 0.15) is 19.8 Å². The quantitative estimate of drug-likeness (QED) is 0.910. The molecule has 2 aromatic rings. The van der Waals surface area contributed by atoms with Crippen LogP contribution in [0.25, 0.3) is 11.3 Å². The third-order valence-corrected chi connectivity index (χ3v) is 5.22. The minimum atomic E-state index is -3.25. The molecule has 122 valence electrons. The SMILES string of the molecule is CCS(=O)(=O)Nc1ccc(-c2ccc(N3CCCC3)nn2)cc1. The number of benzene rings is 1. The van der Waals surface area contributed by atoms with Crippen molar-refractivity contribution in [2.24, 2.45) is 0 Å². The number of hydrogen-bond donors (Lipinski definition) is 1. The molecule has 1 fully saturated rings. The Morgan fingerprint density at radius 3 is 2.30 bits per heavy atom. The molecular weight excluding hydrogens is 312 g/mol. The van der Waals surface area contributed by atoms with Gasteiger partial charge in [0.2, 0.25) is 10.0 Å². The van der Waals surface area contributed by atoms with E-state index in [1.54, 1.807) is 19.1 Å². The van der Waals surface area contributed by atoms with Crippen molar-refractivity contribution in [3.8, 4) is 11.3 Å². The molecule has 1 aliphatic rings. The molecule has 1 aliphatic heterocycles. The molecule has 2 heterocycles. The predicted octanol–water partition coefficient (Wildman–Crippen LogP) is 2.51. The third kappa shape index (κ3) is 3.79. The molecule has 0 spiro atoms. The molecule has 0 aliphatic carbocycles. The minimum Gasteiger partial charge on any atom is -0.355 e. The first-order chi connectivity index (χ1) is 11.1. The molecule has 0 saturated carbocycles. The lowest BCUT2D eigenvalue weighted by Crippen LogP contribution is -2.19. The van der Waals surface area contributed by atoms with E-state index in [9.17, 15) is 8.42 Å². The molecule has 0 unspecified atom stereocenters. The minimum absolute atomic E-state index is 0.0538. The average molecular weight is 332 g/mol. The largest absolute Gasteiger partial charge is 0.355 e. The highest BCUT2D eigenvalue weighted by Gasteiger charge is 2.14. The van der Waals surface area contributed by atoms with Crippen LogP contribution in [0, 0.1) is 0 Å². The van der Waals surface area contributed by atoms with Crippen molar-refractivity contribution in [2.75, 3.05) is 28.5 Å². The lowest BCUT2D eigenvalue weighted by Gasteiger charge is -2.15. The molecule has 0 bridgehead atoms. The fraction of sp³-hybridized carbons (Fsp3) is 0.375. The molecule has 7 heteroatoms. The van der Waals surface area contributed by atoms with Gasteiger partial charge in [0.05, 0.1) is 11.4 Å². The van der Waals surface area contributed by atoms with Gasteiger partial charge >= 0.3 is 0 Å². The maximum Gasteiger partial charge on any atom is 0.232 e. The Morgan fingerprint density at radius 1 is 1.04 bits per heavy atom. The van der Waals surface area contributed by atoms with Gasteiger partial charge in [-0.2, -0.15) is 0 Å². The summed E-state index contributed by atoms with van der Waals surface area (Å²) in [5.74, 6) is 0.969. The van der Waals surface area contributed by atoms with Gasteiger partial charge < -0.3 is 4.90 Å². The van der Waals surface area contributed by atoms with Crippen molar-refractivity contribution in [1.82, 2.24) is 10.2 Å². The van der Waals surface area contributed by atoms with Gasteiger partial charge in [0.15, 0.2) is 5.82 Å². The average Bonchev–Trinajstić information content (AvgIpc) is 3.10. The van der Waals surface area contributed by atoms with Crippen LogP contribution in [-0.2, 0) is 10.0 Å². The lowest BCUT2D eigenvalue weighted by molar-refractivity contribution is 0.602. The summed E-state index contributed by atoms with van der Waals surface area (Å²) in [6.07, 6.45) is 2.41. The second kappa shape index (κ2) is 6.54. The molecule has 23 heavy (non-hydrogen) atoms. The van der Waals surface area contributed by atoms with Crippen molar-refractivity contribution in [3.63, 3.8) is 0 Å². The third-order valence-electron chi connectivity index (χ3n) is 3.91. The first kappa shape index (κ1) is 15.7. The van der Waals surface area contributed by atoms with Crippen molar-refractivity contribution in [2.45, 2.75) is 19.8 Å². The van der Waals surface area contributed by atoms with Crippen molar-refractivity contribution >= 4 is 21.5 Å². The lowest BCUT2D eigenvalue weighted by atomic mass is 10.1. The fourth-order valence-corrected chi connectivity index (χ4v) is 3.19. The van der Waals surface area contributed by atoms with Crippen molar-refractivity contribution < 1.29 is 8.42 Å². The highest BCUT2D eigenvalue weighted by atomic mass is 32.2. The van der Waals surface area contributed by atoms with E-state index >= 15 is 0 Å². The van der Waals surface area contributed by atoms with Gasteiger partial charge in [0, 0.05) is 24.3 Å². The van der Waals surface area contributed by atoms with Gasteiger partial charge in [-0.15, -0.1) is 10.2 Å². The summed E-state index contributed by atoms with van der Waals surface area (Å²) in [5, 5.41) is 8.58. The number of hydrogen-bond acceptors (Lipinski definition) is 5. The van der Waals surface area contributed by atoms with Gasteiger partial charge in [-0.25, -0.2) is 8.42 Å². The maximum absolute atomic E-state index is 11.5. The van der Waals surface area contributed by atoms with Crippen LogP contribution in [0.15, 0.2) is 36.4 Å². The Kier molecular flexibility index (Phi) is 4.47. The predicted molar refractivity (Wildman–Crippen MR) is 92.0 cm³/mol. The summed E-state index contributed by atoms with van der Waals surface area (Å²) in [4.78, 5) is 2.24. The highest BCUT2D eigenvalue weighted by molar-refractivity contribution is 7.92. The second-order valence-corrected chi connectivity index (χ2v) is 7.56. The van der Waals surface area contributed by atoms with Gasteiger partial charge in [-0.3, -0.25) is 4.72 Å². The number of nitrogens with zero attached hydrogens (tertiary/aromatic N) is 3. The Morgan fingerprint density at radius 2 is 1.74 bits per heavy atom. The van der Waals surface area contributed by atoms with Crippen molar-refractivity contribution in [3.05, 3.63) is 36.4 Å². The number of aromatic nitrogens is 2. The van der Waals surface area contributed by atoms with E-state index in [0.717, 1.165) is 30.2 Å². The zero-order valence-corrected chi connectivity index (χ0v) is 13.9. The Bertz CT molecular complexity index is 752. The van der Waals surface area contributed by atoms with Crippen molar-refractivity contribution in [1.29, 1.82) is 0 Å². The summed E-state index contributed by atoms with van der Waals surface area (Å²) in [6.45, 7) is 3.69. The van der Waals surface area contributed by atoms with E-state index in [2.05, 4.69) is 19.8 Å². The van der Waals surface area contributed by atoms with Gasteiger partial charge in [-0.1, -0.05) is 12.1 Å². The van der Waals surface area contributed by atoms with Crippen LogP contribution >= 0.6 is 0 Å². The van der Waals surface area contributed by atoms with E-state index in [1.165, 1.54) is 12.8 Å². The van der Waals surface area contributed by atoms with Crippen LogP contribution < -0.4 is 9.62 Å². The molecule has 6 nitrogen and oxygen atoms in total. The molecule has 1 aromatic carbocycles. The van der Waals surface area contributed by atoms with E-state index in [4.69, 9.17) is 0 Å². The molecule has 1 saturated heterocycles. The maximum atomic E-state index is 11.5. The smallest absolute Gasteiger partial charge is 0.232 e. The zero-order valence-electron chi connectivity index (χ0n) is 13.1. The normalized spacial score (nSPS) is 14.9. The Labute approximate surface area is 136 Å². The molecule has 3 rings (SSSR count). The van der Waals surface area contributed by atoms with E-state index in [1.807, 2.05) is 24.3 Å². The molecule has 0 atom stereocenters. The molecule has 0 radical (unpaired) electrons. The topological polar surface area (TPSA) is 75.2 Å². The Balaban J connectivity index is 1.74. The van der Waals surface area contributed by atoms with E-state index in [-0.39, 0.29) is 5.75 Å². The van der Waals surface area contributed by atoms with Crippen LogP contribution in [0.4, 0.5) is 11.5 Å². The molecular formula is C16H20N4O2S. The zero-order chi connectivity index (χ0) is 16.3. The number of nitrogens with one attached hydrogen (secondary N) is 1. The van der Waals surface area contributed by atoms with E-state index < -0.39 is 10.0 Å². The first-order valence-electron chi connectivity index (χ1n) is 7.77. The van der Waals surface area contributed by atoms with Gasteiger partial charge in [0.25, 0.3) is 0 Å². The first-order valence-corrected chi connectivity index (χ1v) is 9.42. The van der Waals surface area contributed by atoms with Crippen LogP contribution in [0.5, 0.6) is 0 Å². The Hall–Kier alpha value is -2.15. The molecule has 1 aromatic heterocycles. The summed E-state index contributed by atoms with van der Waals surface area (Å²) in [5.41, 5.74) is 2.24. The molecule has 1 N–H and O–H groups in total. The summed E-state index contributed by atoms with van der Waals surface area (Å²) in [6, 6.07) is 11.1. The monoisotopic (exact) mass is 332 g/mol. The second-order valence-electron chi connectivity index (χ2n) is 5.55. The summed E-state index contributed by atoms with van der Waals surface area (Å²) < 4.78 is 25.6. The summed E-state index contributed by atoms with van der Waals surface area (Å²) >= 11 is 0. The van der Waals surface area contributed by atoms with Gasteiger partial charge in [-0.05, 0) is 44.0 Å².